The van der Waals surface area contributed by atoms with Crippen LogP contribution in [-0.2, 0) is 37.3 Å². The lowest BCUT2D eigenvalue weighted by Gasteiger charge is -2.36. The maximum absolute atomic E-state index is 13.6. The highest BCUT2D eigenvalue weighted by atomic mass is 16.5. The molecule has 294 valence electrons. The molecule has 2 aromatic heterocycles. The summed E-state index contributed by atoms with van der Waals surface area (Å²) >= 11 is 0. The summed E-state index contributed by atoms with van der Waals surface area (Å²) in [7, 11) is 0. The number of anilines is 1. The van der Waals surface area contributed by atoms with Gasteiger partial charge in [0, 0.05) is 93.0 Å². The molecule has 0 saturated carbocycles. The van der Waals surface area contributed by atoms with Gasteiger partial charge < -0.3 is 26.0 Å². The van der Waals surface area contributed by atoms with Crippen molar-refractivity contribution >= 4 is 28.5 Å². The molecule has 56 heavy (non-hydrogen) atoms. The zero-order chi connectivity index (χ0) is 39.2. The van der Waals surface area contributed by atoms with Crippen LogP contribution in [0.3, 0.4) is 0 Å². The van der Waals surface area contributed by atoms with Crippen molar-refractivity contribution in [3.05, 3.63) is 112 Å². The van der Waals surface area contributed by atoms with E-state index in [0.717, 1.165) is 82.7 Å². The number of hydrogen-bond acceptors (Lipinski definition) is 8. The molecule has 2 fully saturated rings. The zero-order valence-electron chi connectivity index (χ0n) is 33.5. The van der Waals surface area contributed by atoms with Crippen LogP contribution in [0.5, 0.6) is 0 Å². The predicted octanol–water partition coefficient (Wildman–Crippen LogP) is 6.62. The van der Waals surface area contributed by atoms with Gasteiger partial charge >= 0.3 is 0 Å². The van der Waals surface area contributed by atoms with Gasteiger partial charge in [-0.2, -0.15) is 5.10 Å². The fraction of sp³-hybridized carbons (Fsp3) is 0.422. The molecule has 11 heteroatoms. The van der Waals surface area contributed by atoms with E-state index in [1.165, 1.54) is 5.56 Å². The second-order valence-electron chi connectivity index (χ2n) is 15.4. The van der Waals surface area contributed by atoms with Crippen molar-refractivity contribution < 1.29 is 14.3 Å². The number of amides is 2. The minimum atomic E-state index is -0.255. The summed E-state index contributed by atoms with van der Waals surface area (Å²) in [5, 5.41) is 19.2. The molecule has 2 atom stereocenters. The van der Waals surface area contributed by atoms with E-state index in [9.17, 15) is 9.59 Å². The number of ether oxygens (including phenoxy) is 1. The van der Waals surface area contributed by atoms with E-state index < -0.39 is 0 Å². The van der Waals surface area contributed by atoms with Gasteiger partial charge in [-0.1, -0.05) is 43.3 Å². The van der Waals surface area contributed by atoms with E-state index in [1.54, 1.807) is 24.3 Å². The van der Waals surface area contributed by atoms with E-state index in [1.807, 2.05) is 10.9 Å². The Balaban J connectivity index is 1.02. The van der Waals surface area contributed by atoms with Crippen molar-refractivity contribution in [3.8, 4) is 11.1 Å². The number of piperazine rings is 1. The Morgan fingerprint density at radius 2 is 1.57 bits per heavy atom. The molecule has 3 aromatic carbocycles. The summed E-state index contributed by atoms with van der Waals surface area (Å²) in [6.45, 7) is 16.5. The topological polar surface area (TPSA) is 125 Å². The van der Waals surface area contributed by atoms with Crippen molar-refractivity contribution in [3.63, 3.8) is 0 Å². The normalized spacial score (nSPS) is 17.9. The molecule has 2 aliphatic heterocycles. The Bertz CT molecular complexity index is 2160. The van der Waals surface area contributed by atoms with Crippen LogP contribution in [0, 0.1) is 6.92 Å². The van der Waals surface area contributed by atoms with Gasteiger partial charge in [-0.25, -0.2) is 9.67 Å². The van der Waals surface area contributed by atoms with E-state index in [0.29, 0.717) is 55.9 Å². The van der Waals surface area contributed by atoms with Crippen LogP contribution in [0.4, 0.5) is 5.69 Å². The summed E-state index contributed by atoms with van der Waals surface area (Å²) < 4.78 is 7.52. The van der Waals surface area contributed by atoms with Crippen LogP contribution in [0.15, 0.2) is 72.9 Å². The molecule has 4 heterocycles. The first kappa shape index (κ1) is 39.1. The molecule has 4 N–H and O–H groups in total. The molecular formula is C45H56N8O3. The van der Waals surface area contributed by atoms with Gasteiger partial charge in [-0.15, -0.1) is 0 Å². The number of nitrogens with zero attached hydrogens (tertiary/aromatic N) is 4. The first-order valence-electron chi connectivity index (χ1n) is 20.2. The smallest absolute Gasteiger partial charge is 0.251 e. The predicted molar refractivity (Wildman–Crippen MR) is 223 cm³/mol. The SMILES string of the molecule is CCc1nc2c(cnn2CC)c(NC2CCOCC2)c1CNC(=O)c1cccc(C(=O)NCc2cc(-c3cccc(CN4C[C@@H](C)N[C@@H](C)C4)c3)ccc2C)c1. The van der Waals surface area contributed by atoms with E-state index in [-0.39, 0.29) is 24.4 Å². The average Bonchev–Trinajstić information content (AvgIpc) is 3.63. The molecule has 11 nitrogen and oxygen atoms in total. The molecule has 7 rings (SSSR count). The number of fused-ring (bicyclic) bond motifs is 1. The van der Waals surface area contributed by atoms with Crippen LogP contribution in [0.2, 0.25) is 0 Å². The summed E-state index contributed by atoms with van der Waals surface area (Å²) in [6, 6.07) is 23.3. The number of nitrogens with one attached hydrogen (secondary N) is 4. The van der Waals surface area contributed by atoms with Crippen molar-refractivity contribution in [2.24, 2.45) is 0 Å². The third kappa shape index (κ3) is 9.12. The van der Waals surface area contributed by atoms with Gasteiger partial charge in [0.15, 0.2) is 5.65 Å². The van der Waals surface area contributed by atoms with Gasteiger partial charge in [0.2, 0.25) is 0 Å². The number of benzene rings is 3. The summed E-state index contributed by atoms with van der Waals surface area (Å²) in [4.78, 5) is 34.7. The molecule has 0 radical (unpaired) electrons. The van der Waals surface area contributed by atoms with E-state index >= 15 is 0 Å². The van der Waals surface area contributed by atoms with Gasteiger partial charge in [-0.3, -0.25) is 14.5 Å². The highest BCUT2D eigenvalue weighted by Gasteiger charge is 2.23. The molecule has 0 aliphatic carbocycles. The number of hydrogen-bond donors (Lipinski definition) is 4. The summed E-state index contributed by atoms with van der Waals surface area (Å²) in [5.74, 6) is -0.487. The molecule has 5 aromatic rings. The minimum absolute atomic E-state index is 0.232. The first-order valence-corrected chi connectivity index (χ1v) is 20.2. The Labute approximate surface area is 330 Å². The Hall–Kier alpha value is -5.10. The molecule has 2 saturated heterocycles. The number of aryl methyl sites for hydroxylation is 3. The fourth-order valence-corrected chi connectivity index (χ4v) is 8.17. The van der Waals surface area contributed by atoms with Crippen LogP contribution in [0.1, 0.15) is 89.2 Å². The lowest BCUT2D eigenvalue weighted by atomic mass is 9.98. The molecule has 2 amide bonds. The molecule has 0 unspecified atom stereocenters. The molecular weight excluding hydrogens is 701 g/mol. The maximum Gasteiger partial charge on any atom is 0.251 e. The van der Waals surface area contributed by atoms with Crippen molar-refractivity contribution in [1.29, 1.82) is 0 Å². The molecule has 0 bridgehead atoms. The Kier molecular flexibility index (Phi) is 12.4. The Morgan fingerprint density at radius 3 is 2.29 bits per heavy atom. The van der Waals surface area contributed by atoms with Gasteiger partial charge in [0.05, 0.1) is 17.3 Å². The number of pyridine rings is 1. The lowest BCUT2D eigenvalue weighted by molar-refractivity contribution is 0.0904. The second kappa shape index (κ2) is 17.8. The third-order valence-electron chi connectivity index (χ3n) is 11.1. The van der Waals surface area contributed by atoms with E-state index in [4.69, 9.17) is 9.72 Å². The van der Waals surface area contributed by atoms with Crippen LogP contribution >= 0.6 is 0 Å². The fourth-order valence-electron chi connectivity index (χ4n) is 8.17. The van der Waals surface area contributed by atoms with Crippen molar-refractivity contribution in [1.82, 2.24) is 35.6 Å². The van der Waals surface area contributed by atoms with E-state index in [2.05, 4.69) is 108 Å². The van der Waals surface area contributed by atoms with Crippen LogP contribution < -0.4 is 21.3 Å². The third-order valence-corrected chi connectivity index (χ3v) is 11.1. The number of carbonyl (C=O) groups is 2. The molecule has 2 aliphatic rings. The van der Waals surface area contributed by atoms with Gasteiger partial charge in [0.1, 0.15) is 0 Å². The lowest BCUT2D eigenvalue weighted by Crippen LogP contribution is -2.53. The maximum atomic E-state index is 13.6. The standard InChI is InChI=1S/C45H56N8O3/c1-6-41-39(42(50-38-16-18-56-19-17-38)40-25-48-53(7-2)43(40)51-41)24-47-45(55)36-13-9-12-35(22-36)44(54)46-23-37-21-34(15-14-29(37)3)33-11-8-10-32(20-33)28-52-26-30(4)49-31(5)27-52/h8-15,20-22,25,30-31,38,49H,6-7,16-19,23-24,26-28H2,1-5H3,(H,46,54)(H,47,55)(H,50,51)/t30-,31+. The van der Waals surface area contributed by atoms with Crippen LogP contribution in [0.25, 0.3) is 22.2 Å². The minimum Gasteiger partial charge on any atom is -0.381 e. The zero-order valence-corrected chi connectivity index (χ0v) is 33.5. The first-order chi connectivity index (χ1) is 27.2. The largest absolute Gasteiger partial charge is 0.381 e. The highest BCUT2D eigenvalue weighted by Crippen LogP contribution is 2.31. The summed E-state index contributed by atoms with van der Waals surface area (Å²) in [5.41, 5.74) is 10.3. The number of aromatic nitrogens is 3. The highest BCUT2D eigenvalue weighted by molar-refractivity contribution is 6.00. The molecule has 0 spiro atoms. The average molecular weight is 757 g/mol. The summed E-state index contributed by atoms with van der Waals surface area (Å²) in [6.07, 6.45) is 4.39. The van der Waals surface area contributed by atoms with Crippen molar-refractivity contribution in [2.75, 3.05) is 31.6 Å². The monoisotopic (exact) mass is 756 g/mol. The van der Waals surface area contributed by atoms with Gasteiger partial charge in [0.25, 0.3) is 11.8 Å². The second-order valence-corrected chi connectivity index (χ2v) is 15.4. The van der Waals surface area contributed by atoms with Crippen LogP contribution in [-0.4, -0.2) is 75.9 Å². The number of rotatable bonds is 13. The quantitative estimate of drug-likeness (QED) is 0.106. The Morgan fingerprint density at radius 1 is 0.875 bits per heavy atom. The van der Waals surface area contributed by atoms with Crippen molar-refractivity contribution in [2.45, 2.75) is 98.2 Å². The van der Waals surface area contributed by atoms with Gasteiger partial charge in [-0.05, 0) is 105 Å². The number of carbonyl (C=O) groups excluding carboxylic acids is 2.